The van der Waals surface area contributed by atoms with Crippen LogP contribution < -0.4 is 5.32 Å². The van der Waals surface area contributed by atoms with Gasteiger partial charge in [0, 0.05) is 12.6 Å². The van der Waals surface area contributed by atoms with Crippen molar-refractivity contribution in [3.63, 3.8) is 0 Å². The summed E-state index contributed by atoms with van der Waals surface area (Å²) in [5.41, 5.74) is -1.07. The third-order valence-electron chi connectivity index (χ3n) is 3.19. The topological polar surface area (TPSA) is 143 Å². The molecule has 1 rings (SSSR count). The van der Waals surface area contributed by atoms with Crippen LogP contribution in [-0.4, -0.2) is 54.4 Å². The van der Waals surface area contributed by atoms with Gasteiger partial charge in [-0.25, -0.2) is 0 Å². The average molecular weight is 399 g/mol. The molecule has 0 aliphatic carbocycles. The van der Waals surface area contributed by atoms with Crippen LogP contribution in [0, 0.1) is 20.2 Å². The lowest BCUT2D eigenvalue weighted by molar-refractivity contribution is -0.393. The SMILES string of the molecule is CC(C)(C)OC(=O)CCOCCOCCNc1ccc([N+](=O)[O-])cc1[N+](=O)[O-]. The van der Waals surface area contributed by atoms with Crippen LogP contribution in [0.3, 0.4) is 0 Å². The van der Waals surface area contributed by atoms with Crippen molar-refractivity contribution in [1.82, 2.24) is 0 Å². The number of non-ortho nitro benzene ring substituents is 1. The molecule has 11 heteroatoms. The highest BCUT2D eigenvalue weighted by atomic mass is 16.6. The molecule has 0 saturated heterocycles. The van der Waals surface area contributed by atoms with Crippen LogP contribution in [0.2, 0.25) is 0 Å². The Morgan fingerprint density at radius 2 is 1.68 bits per heavy atom. The third-order valence-corrected chi connectivity index (χ3v) is 3.19. The molecule has 28 heavy (non-hydrogen) atoms. The summed E-state index contributed by atoms with van der Waals surface area (Å²) in [6.45, 7) is 6.71. The summed E-state index contributed by atoms with van der Waals surface area (Å²) in [6.07, 6.45) is 0.155. The van der Waals surface area contributed by atoms with Crippen LogP contribution in [-0.2, 0) is 19.0 Å². The number of anilines is 1. The van der Waals surface area contributed by atoms with E-state index in [0.717, 1.165) is 6.07 Å². The molecule has 156 valence electrons. The summed E-state index contributed by atoms with van der Waals surface area (Å²) in [7, 11) is 0. The number of hydrogen-bond acceptors (Lipinski definition) is 9. The fourth-order valence-electron chi connectivity index (χ4n) is 2.06. The zero-order valence-electron chi connectivity index (χ0n) is 16.1. The number of carbonyl (C=O) groups is 1. The highest BCUT2D eigenvalue weighted by Crippen LogP contribution is 2.28. The smallest absolute Gasteiger partial charge is 0.308 e. The summed E-state index contributed by atoms with van der Waals surface area (Å²) in [6, 6.07) is 3.38. The maximum Gasteiger partial charge on any atom is 0.308 e. The number of nitrogens with zero attached hydrogens (tertiary/aromatic N) is 2. The molecule has 1 aromatic rings. The van der Waals surface area contributed by atoms with Gasteiger partial charge in [-0.15, -0.1) is 0 Å². The van der Waals surface area contributed by atoms with Gasteiger partial charge in [-0.3, -0.25) is 25.0 Å². The first-order valence-electron chi connectivity index (χ1n) is 8.64. The molecule has 0 aromatic heterocycles. The van der Waals surface area contributed by atoms with Crippen molar-refractivity contribution >= 4 is 23.0 Å². The normalized spacial score (nSPS) is 11.1. The van der Waals surface area contributed by atoms with E-state index in [9.17, 15) is 25.0 Å². The molecule has 0 aliphatic heterocycles. The maximum absolute atomic E-state index is 11.5. The van der Waals surface area contributed by atoms with Gasteiger partial charge in [-0.05, 0) is 26.8 Å². The van der Waals surface area contributed by atoms with Gasteiger partial charge < -0.3 is 19.5 Å². The van der Waals surface area contributed by atoms with Crippen molar-refractivity contribution in [3.8, 4) is 0 Å². The van der Waals surface area contributed by atoms with Crippen LogP contribution in [0.4, 0.5) is 17.1 Å². The number of benzene rings is 1. The Balaban J connectivity index is 2.20. The van der Waals surface area contributed by atoms with Crippen LogP contribution >= 0.6 is 0 Å². The highest BCUT2D eigenvalue weighted by Gasteiger charge is 2.19. The standard InChI is InChI=1S/C17H25N3O8/c1-17(2,3)28-16(21)6-8-26-10-11-27-9-7-18-14-5-4-13(19(22)23)12-15(14)20(24)25/h4-5,12,18H,6-11H2,1-3H3. The lowest BCUT2D eigenvalue weighted by Crippen LogP contribution is -2.24. The second-order valence-electron chi connectivity index (χ2n) is 6.70. The Hall–Kier alpha value is -2.79. The van der Waals surface area contributed by atoms with Crippen LogP contribution in [0.5, 0.6) is 0 Å². The molecule has 0 atom stereocenters. The zero-order valence-corrected chi connectivity index (χ0v) is 16.1. The van der Waals surface area contributed by atoms with Gasteiger partial charge in [0.25, 0.3) is 11.4 Å². The average Bonchev–Trinajstić information content (AvgIpc) is 2.58. The molecule has 0 unspecified atom stereocenters. The Labute approximate surface area is 162 Å². The minimum atomic E-state index is -0.692. The van der Waals surface area contributed by atoms with Crippen LogP contribution in [0.15, 0.2) is 18.2 Å². The minimum Gasteiger partial charge on any atom is -0.460 e. The summed E-state index contributed by atoms with van der Waals surface area (Å²) >= 11 is 0. The predicted octanol–water partition coefficient (Wildman–Crippen LogP) is 2.68. The van der Waals surface area contributed by atoms with E-state index in [1.165, 1.54) is 12.1 Å². The maximum atomic E-state index is 11.5. The van der Waals surface area contributed by atoms with Crippen LogP contribution in [0.1, 0.15) is 27.2 Å². The number of nitrogens with one attached hydrogen (secondary N) is 1. The molecule has 0 heterocycles. The van der Waals surface area contributed by atoms with E-state index in [1.807, 2.05) is 0 Å². The van der Waals surface area contributed by atoms with Gasteiger partial charge >= 0.3 is 5.97 Å². The van der Waals surface area contributed by atoms with Crippen LogP contribution in [0.25, 0.3) is 0 Å². The molecule has 11 nitrogen and oxygen atoms in total. The van der Waals surface area contributed by atoms with Gasteiger partial charge in [-0.2, -0.15) is 0 Å². The van der Waals surface area contributed by atoms with Crippen molar-refractivity contribution in [1.29, 1.82) is 0 Å². The number of esters is 1. The molecule has 0 fully saturated rings. The molecule has 1 aromatic carbocycles. The largest absolute Gasteiger partial charge is 0.460 e. The van der Waals surface area contributed by atoms with Gasteiger partial charge in [0.2, 0.25) is 0 Å². The van der Waals surface area contributed by atoms with Crippen molar-refractivity contribution in [2.24, 2.45) is 0 Å². The Morgan fingerprint density at radius 3 is 2.25 bits per heavy atom. The van der Waals surface area contributed by atoms with E-state index in [1.54, 1.807) is 20.8 Å². The van der Waals surface area contributed by atoms with Crippen molar-refractivity contribution < 1.29 is 28.9 Å². The van der Waals surface area contributed by atoms with Crippen molar-refractivity contribution in [2.75, 3.05) is 38.3 Å². The molecule has 0 spiro atoms. The van der Waals surface area contributed by atoms with E-state index >= 15 is 0 Å². The second kappa shape index (κ2) is 11.1. The number of nitro groups is 2. The lowest BCUT2D eigenvalue weighted by atomic mass is 10.2. The molecular formula is C17H25N3O8. The lowest BCUT2D eigenvalue weighted by Gasteiger charge is -2.19. The molecular weight excluding hydrogens is 374 g/mol. The molecule has 0 saturated carbocycles. The predicted molar refractivity (Wildman–Crippen MR) is 100 cm³/mol. The molecule has 0 bridgehead atoms. The highest BCUT2D eigenvalue weighted by molar-refractivity contribution is 5.69. The minimum absolute atomic E-state index is 0.155. The zero-order chi connectivity index (χ0) is 21.2. The number of hydrogen-bond donors (Lipinski definition) is 1. The third kappa shape index (κ3) is 9.24. The first kappa shape index (κ1) is 23.2. The summed E-state index contributed by atoms with van der Waals surface area (Å²) in [5.74, 6) is -0.331. The van der Waals surface area contributed by atoms with Gasteiger partial charge in [0.1, 0.15) is 11.3 Å². The van der Waals surface area contributed by atoms with E-state index in [0.29, 0.717) is 13.2 Å². The number of ether oxygens (including phenoxy) is 3. The van der Waals surface area contributed by atoms with Gasteiger partial charge in [-0.1, -0.05) is 0 Å². The number of nitro benzene ring substituents is 2. The van der Waals surface area contributed by atoms with E-state index in [4.69, 9.17) is 14.2 Å². The first-order chi connectivity index (χ1) is 13.1. The quantitative estimate of drug-likeness (QED) is 0.243. The van der Waals surface area contributed by atoms with E-state index < -0.39 is 15.4 Å². The van der Waals surface area contributed by atoms with Crippen molar-refractivity contribution in [3.05, 3.63) is 38.4 Å². The summed E-state index contributed by atoms with van der Waals surface area (Å²) in [4.78, 5) is 31.8. The van der Waals surface area contributed by atoms with E-state index in [2.05, 4.69) is 5.32 Å². The monoisotopic (exact) mass is 399 g/mol. The van der Waals surface area contributed by atoms with E-state index in [-0.39, 0.29) is 49.2 Å². The molecule has 1 N–H and O–H groups in total. The number of carbonyl (C=O) groups excluding carboxylic acids is 1. The Kier molecular flexibility index (Phi) is 9.25. The fraction of sp³-hybridized carbons (Fsp3) is 0.588. The Bertz CT molecular complexity index is 687. The molecule has 0 amide bonds. The molecule has 0 aliphatic rings. The number of rotatable bonds is 12. The summed E-state index contributed by atoms with van der Waals surface area (Å²) < 4.78 is 15.7. The first-order valence-corrected chi connectivity index (χ1v) is 8.64. The second-order valence-corrected chi connectivity index (χ2v) is 6.70. The summed E-state index contributed by atoms with van der Waals surface area (Å²) in [5, 5.41) is 24.5. The molecule has 0 radical (unpaired) electrons. The van der Waals surface area contributed by atoms with Gasteiger partial charge in [0.05, 0.1) is 48.8 Å². The van der Waals surface area contributed by atoms with Crippen molar-refractivity contribution in [2.45, 2.75) is 32.8 Å². The Morgan fingerprint density at radius 1 is 1.04 bits per heavy atom. The fourth-order valence-corrected chi connectivity index (χ4v) is 2.06. The van der Waals surface area contributed by atoms with Gasteiger partial charge in [0.15, 0.2) is 0 Å².